The van der Waals surface area contributed by atoms with Crippen molar-refractivity contribution in [1.29, 1.82) is 0 Å². The highest BCUT2D eigenvalue weighted by molar-refractivity contribution is 5.87. The van der Waals surface area contributed by atoms with Crippen LogP contribution < -0.4 is 5.32 Å². The van der Waals surface area contributed by atoms with Gasteiger partial charge in [-0.1, -0.05) is 18.2 Å². The number of carbonyl (C=O) groups excluding carboxylic acids is 1. The number of aromatic nitrogens is 1. The molecule has 0 radical (unpaired) electrons. The Hall–Kier alpha value is -2.51. The summed E-state index contributed by atoms with van der Waals surface area (Å²) in [6.07, 6.45) is -2.92. The van der Waals surface area contributed by atoms with Crippen LogP contribution in [0.3, 0.4) is 0 Å². The van der Waals surface area contributed by atoms with E-state index in [-0.39, 0.29) is 24.2 Å². The van der Waals surface area contributed by atoms with E-state index in [2.05, 4.69) is 10.3 Å². The fraction of sp³-hybridized carbons (Fsp3) is 0.412. The Morgan fingerprint density at radius 3 is 2.56 bits per heavy atom. The average Bonchev–Trinajstić information content (AvgIpc) is 3.31. The molecule has 1 heterocycles. The average molecular weight is 353 g/mol. The Labute approximate surface area is 142 Å². The zero-order chi connectivity index (χ0) is 18.2. The van der Waals surface area contributed by atoms with Gasteiger partial charge >= 0.3 is 18.2 Å². The minimum absolute atomic E-state index is 0.0507. The van der Waals surface area contributed by atoms with Gasteiger partial charge in [-0.3, -0.25) is 5.32 Å². The number of hydrogen-bond acceptors (Lipinski definition) is 3. The molecule has 1 fully saturated rings. The molecule has 1 saturated carbocycles. The second kappa shape index (κ2) is 6.42. The van der Waals surface area contributed by atoms with Crippen molar-refractivity contribution < 1.29 is 22.4 Å². The fourth-order valence-corrected chi connectivity index (χ4v) is 2.56. The summed E-state index contributed by atoms with van der Waals surface area (Å²) in [4.78, 5) is 18.0. The van der Waals surface area contributed by atoms with Gasteiger partial charge in [0.25, 0.3) is 0 Å². The number of urea groups is 1. The second-order valence-corrected chi connectivity index (χ2v) is 6.10. The van der Waals surface area contributed by atoms with E-state index in [0.717, 1.165) is 18.9 Å². The van der Waals surface area contributed by atoms with Crippen molar-refractivity contribution in [3.63, 3.8) is 0 Å². The van der Waals surface area contributed by atoms with Crippen molar-refractivity contribution in [1.82, 2.24) is 9.88 Å². The first-order valence-electron chi connectivity index (χ1n) is 7.92. The molecule has 5 nitrogen and oxygen atoms in total. The summed E-state index contributed by atoms with van der Waals surface area (Å²) in [5, 5.41) is 2.53. The maximum absolute atomic E-state index is 13.2. The van der Waals surface area contributed by atoms with Crippen LogP contribution in [-0.4, -0.2) is 22.0 Å². The van der Waals surface area contributed by atoms with E-state index in [0.29, 0.717) is 11.5 Å². The SMILES string of the molecule is Cc1nc(NC(=O)N(Cc2ccccc2C(F)(F)F)C2CC2)oc1C. The first-order valence-corrected chi connectivity index (χ1v) is 7.92. The molecule has 2 aromatic rings. The molecule has 3 rings (SSSR count). The van der Waals surface area contributed by atoms with Crippen LogP contribution in [0.5, 0.6) is 0 Å². The molecule has 1 aliphatic rings. The van der Waals surface area contributed by atoms with Gasteiger partial charge in [-0.2, -0.15) is 18.2 Å². The number of nitrogens with zero attached hydrogens (tertiary/aromatic N) is 2. The predicted molar refractivity (Wildman–Crippen MR) is 85.0 cm³/mol. The number of amides is 2. The monoisotopic (exact) mass is 353 g/mol. The molecular weight excluding hydrogens is 335 g/mol. The summed E-state index contributed by atoms with van der Waals surface area (Å²) in [7, 11) is 0. The quantitative estimate of drug-likeness (QED) is 0.880. The molecule has 0 saturated heterocycles. The van der Waals surface area contributed by atoms with E-state index in [1.807, 2.05) is 0 Å². The molecule has 0 aliphatic heterocycles. The number of anilines is 1. The number of nitrogens with one attached hydrogen (secondary N) is 1. The van der Waals surface area contributed by atoms with E-state index in [9.17, 15) is 18.0 Å². The van der Waals surface area contributed by atoms with Gasteiger partial charge in [0.1, 0.15) is 5.76 Å². The first kappa shape index (κ1) is 17.3. The van der Waals surface area contributed by atoms with Gasteiger partial charge in [0.05, 0.1) is 11.3 Å². The van der Waals surface area contributed by atoms with Gasteiger partial charge in [0.15, 0.2) is 0 Å². The van der Waals surface area contributed by atoms with E-state index in [1.165, 1.54) is 23.1 Å². The van der Waals surface area contributed by atoms with Crippen molar-refractivity contribution in [2.24, 2.45) is 0 Å². The smallest absolute Gasteiger partial charge is 0.416 e. The molecule has 1 N–H and O–H groups in total. The van der Waals surface area contributed by atoms with Gasteiger partial charge in [-0.15, -0.1) is 0 Å². The molecule has 1 aromatic carbocycles. The molecule has 0 unspecified atom stereocenters. The lowest BCUT2D eigenvalue weighted by Gasteiger charge is -2.24. The number of rotatable bonds is 4. The number of alkyl halides is 3. The Bertz CT molecular complexity index is 762. The fourth-order valence-electron chi connectivity index (χ4n) is 2.56. The van der Waals surface area contributed by atoms with E-state index in [4.69, 9.17) is 4.42 Å². The van der Waals surface area contributed by atoms with E-state index >= 15 is 0 Å². The minimum atomic E-state index is -4.46. The number of oxazole rings is 1. The number of hydrogen-bond donors (Lipinski definition) is 1. The zero-order valence-electron chi connectivity index (χ0n) is 13.9. The van der Waals surface area contributed by atoms with Crippen molar-refractivity contribution in [2.75, 3.05) is 5.32 Å². The third-order valence-electron chi connectivity index (χ3n) is 4.15. The summed E-state index contributed by atoms with van der Waals surface area (Å²) >= 11 is 0. The van der Waals surface area contributed by atoms with Crippen LogP contribution >= 0.6 is 0 Å². The Kier molecular flexibility index (Phi) is 4.45. The van der Waals surface area contributed by atoms with Gasteiger partial charge in [0, 0.05) is 12.6 Å². The summed E-state index contributed by atoms with van der Waals surface area (Å²) in [6, 6.07) is 4.76. The maximum Gasteiger partial charge on any atom is 0.416 e. The highest BCUT2D eigenvalue weighted by atomic mass is 19.4. The second-order valence-electron chi connectivity index (χ2n) is 6.10. The zero-order valence-corrected chi connectivity index (χ0v) is 13.9. The van der Waals surface area contributed by atoms with Crippen molar-refractivity contribution >= 4 is 12.0 Å². The third-order valence-corrected chi connectivity index (χ3v) is 4.15. The van der Waals surface area contributed by atoms with Crippen LogP contribution in [0.15, 0.2) is 28.7 Å². The minimum Gasteiger partial charge on any atom is -0.428 e. The van der Waals surface area contributed by atoms with Crippen LogP contribution in [-0.2, 0) is 12.7 Å². The number of carbonyl (C=O) groups is 1. The van der Waals surface area contributed by atoms with Gasteiger partial charge in [0.2, 0.25) is 0 Å². The number of halogens is 3. The molecule has 0 bridgehead atoms. The Balaban J connectivity index is 1.79. The lowest BCUT2D eigenvalue weighted by atomic mass is 10.1. The van der Waals surface area contributed by atoms with Gasteiger partial charge in [-0.25, -0.2) is 4.79 Å². The van der Waals surface area contributed by atoms with E-state index in [1.54, 1.807) is 13.8 Å². The van der Waals surface area contributed by atoms with Gasteiger partial charge < -0.3 is 9.32 Å². The van der Waals surface area contributed by atoms with Crippen LogP contribution in [0.4, 0.5) is 24.0 Å². The standard InChI is InChI=1S/C17H18F3N3O2/c1-10-11(2)25-15(21-10)22-16(24)23(13-7-8-13)9-12-5-3-4-6-14(12)17(18,19)20/h3-6,13H,7-9H2,1-2H3,(H,21,22,24). The lowest BCUT2D eigenvalue weighted by Crippen LogP contribution is -2.36. The summed E-state index contributed by atoms with van der Waals surface area (Å²) in [6.45, 7) is 3.34. The molecular formula is C17H18F3N3O2. The van der Waals surface area contributed by atoms with Crippen LogP contribution in [0.1, 0.15) is 35.4 Å². The molecule has 0 spiro atoms. The summed E-state index contributed by atoms with van der Waals surface area (Å²) in [5.41, 5.74) is -0.0104. The first-order chi connectivity index (χ1) is 11.8. The molecule has 1 aromatic heterocycles. The van der Waals surface area contributed by atoms with Crippen molar-refractivity contribution in [3.05, 3.63) is 46.8 Å². The number of aryl methyl sites for hydroxylation is 2. The topological polar surface area (TPSA) is 58.4 Å². The summed E-state index contributed by atoms with van der Waals surface area (Å²) < 4.78 is 44.8. The highest BCUT2D eigenvalue weighted by Gasteiger charge is 2.37. The predicted octanol–water partition coefficient (Wildman–Crippen LogP) is 4.51. The molecule has 2 amide bonds. The molecule has 25 heavy (non-hydrogen) atoms. The van der Waals surface area contributed by atoms with Crippen LogP contribution in [0.2, 0.25) is 0 Å². The number of benzene rings is 1. The molecule has 0 atom stereocenters. The van der Waals surface area contributed by atoms with Crippen LogP contribution in [0.25, 0.3) is 0 Å². The van der Waals surface area contributed by atoms with Crippen molar-refractivity contribution in [3.8, 4) is 0 Å². The normalized spacial score (nSPS) is 14.4. The largest absolute Gasteiger partial charge is 0.428 e. The highest BCUT2D eigenvalue weighted by Crippen LogP contribution is 2.35. The maximum atomic E-state index is 13.2. The Morgan fingerprint density at radius 2 is 2.00 bits per heavy atom. The molecule has 134 valence electrons. The van der Waals surface area contributed by atoms with Crippen molar-refractivity contribution in [2.45, 2.75) is 45.5 Å². The summed E-state index contributed by atoms with van der Waals surface area (Å²) in [5.74, 6) is 0.579. The lowest BCUT2D eigenvalue weighted by molar-refractivity contribution is -0.138. The van der Waals surface area contributed by atoms with E-state index < -0.39 is 17.8 Å². The van der Waals surface area contributed by atoms with Crippen LogP contribution in [0, 0.1) is 13.8 Å². The van der Waals surface area contributed by atoms with Gasteiger partial charge in [-0.05, 0) is 38.3 Å². The third kappa shape index (κ3) is 3.94. The molecule has 8 heteroatoms. The molecule has 1 aliphatic carbocycles. The Morgan fingerprint density at radius 1 is 1.32 bits per heavy atom.